The van der Waals surface area contributed by atoms with Gasteiger partial charge in [0.1, 0.15) is 11.5 Å². The Morgan fingerprint density at radius 1 is 0.316 bits per heavy atom. The van der Waals surface area contributed by atoms with E-state index in [9.17, 15) is 11.0 Å². The average molecular weight is 1470 g/mol. The highest BCUT2D eigenvalue weighted by Gasteiger charge is 2.50. The molecule has 0 spiro atoms. The summed E-state index contributed by atoms with van der Waals surface area (Å²) in [5, 5.41) is -0.0377. The third-order valence-electron chi connectivity index (χ3n) is 24.7. The van der Waals surface area contributed by atoms with Crippen LogP contribution < -0.4 is 52.2 Å². The molecule has 1 aromatic heterocycles. The number of aromatic nitrogens is 1. The molecule has 542 valence electrons. The van der Waals surface area contributed by atoms with E-state index in [0.29, 0.717) is 17.1 Å². The van der Waals surface area contributed by atoms with Gasteiger partial charge in [-0.1, -0.05) is 316 Å². The summed E-state index contributed by atoms with van der Waals surface area (Å²) in [6.07, 6.45) is 0. The molecule has 17 aromatic rings. The van der Waals surface area contributed by atoms with E-state index in [1.807, 2.05) is 0 Å². The van der Waals surface area contributed by atoms with Crippen molar-refractivity contribution in [1.82, 2.24) is 4.57 Å². The summed E-state index contributed by atoms with van der Waals surface area (Å²) in [7, 11) is 0. The van der Waals surface area contributed by atoms with Gasteiger partial charge in [-0.15, -0.1) is 0 Å². The Kier molecular flexibility index (Phi) is 13.2. The molecule has 5 nitrogen and oxygen atoms in total. The lowest BCUT2D eigenvalue weighted by molar-refractivity contribution is 0.488. The zero-order valence-electron chi connectivity index (χ0n) is 72.7. The van der Waals surface area contributed by atoms with Gasteiger partial charge in [0, 0.05) is 84.3 Å². The number of nitrogens with zero attached hydrogens (tertiary/aromatic N) is 4. The highest BCUT2D eigenvalue weighted by molar-refractivity contribution is 7.02. The molecule has 16 aromatic carbocycles. The van der Waals surface area contributed by atoms with Gasteiger partial charge in [-0.2, -0.15) is 0 Å². The van der Waals surface area contributed by atoms with E-state index >= 15 is 0 Å². The third-order valence-corrected chi connectivity index (χ3v) is 24.7. The third kappa shape index (κ3) is 10.2. The maximum atomic E-state index is 10.3. The Morgan fingerprint density at radius 2 is 0.746 bits per heavy atom. The molecule has 22 rings (SSSR count). The Morgan fingerprint density at radius 3 is 1.27 bits per heavy atom. The summed E-state index contributed by atoms with van der Waals surface area (Å²) in [5.41, 5.74) is 30.4. The van der Waals surface area contributed by atoms with Crippen molar-refractivity contribution >= 4 is 119 Å². The lowest BCUT2D eigenvalue weighted by Gasteiger charge is -2.47. The normalized spacial score (nSPS) is 14.8. The minimum Gasteiger partial charge on any atom is -0.458 e. The van der Waals surface area contributed by atoms with Crippen LogP contribution in [0.4, 0.5) is 51.2 Å². The van der Waals surface area contributed by atoms with Crippen molar-refractivity contribution in [2.24, 2.45) is 0 Å². The van der Waals surface area contributed by atoms with Crippen molar-refractivity contribution < 1.29 is 15.7 Å². The minimum atomic E-state index is -0.579. The average Bonchev–Trinajstić information content (AvgIpc) is 1.22. The number of benzene rings is 16. The smallest absolute Gasteiger partial charge is 0.256 e. The molecular formula is C107H82B2N4O. The van der Waals surface area contributed by atoms with E-state index in [-0.39, 0.29) is 44.8 Å². The van der Waals surface area contributed by atoms with E-state index in [1.54, 1.807) is 4.57 Å². The first-order valence-corrected chi connectivity index (χ1v) is 39.6. The minimum absolute atomic E-state index is 0.00760. The van der Waals surface area contributed by atoms with Crippen LogP contribution in [0.5, 0.6) is 11.5 Å². The van der Waals surface area contributed by atoms with E-state index < -0.39 is 55.1 Å². The van der Waals surface area contributed by atoms with Crippen LogP contribution in [0, 0.1) is 0 Å². The van der Waals surface area contributed by atoms with Crippen molar-refractivity contribution in [3.8, 4) is 83.9 Å². The highest BCUT2D eigenvalue weighted by Crippen LogP contribution is 2.58. The monoisotopic (exact) mass is 1470 g/mol. The summed E-state index contributed by atoms with van der Waals surface area (Å²) in [6, 6.07) is 106. The van der Waals surface area contributed by atoms with Crippen molar-refractivity contribution in [3.05, 3.63) is 374 Å². The summed E-state index contributed by atoms with van der Waals surface area (Å²) in [4.78, 5) is 7.32. The van der Waals surface area contributed by atoms with E-state index in [4.69, 9.17) is 4.74 Å². The van der Waals surface area contributed by atoms with Crippen LogP contribution in [0.1, 0.15) is 88.6 Å². The van der Waals surface area contributed by atoms with Crippen LogP contribution in [0.2, 0.25) is 0 Å². The van der Waals surface area contributed by atoms with Gasteiger partial charge in [0.05, 0.1) is 39.1 Å². The van der Waals surface area contributed by atoms with Gasteiger partial charge in [0.15, 0.2) is 0 Å². The number of anilines is 9. The maximum absolute atomic E-state index is 10.3. The van der Waals surface area contributed by atoms with E-state index in [1.165, 1.54) is 22.3 Å². The predicted octanol–water partition coefficient (Wildman–Crippen LogP) is 24.5. The Bertz CT molecular complexity index is 7150. The molecule has 4 aliphatic heterocycles. The Hall–Kier alpha value is -13.4. The molecule has 0 amide bonds. The first kappa shape index (κ1) is 59.5. The maximum Gasteiger partial charge on any atom is 0.256 e. The van der Waals surface area contributed by atoms with Gasteiger partial charge in [0.25, 0.3) is 13.4 Å². The summed E-state index contributed by atoms with van der Waals surface area (Å²) in [6.45, 7) is 17.3. The predicted molar refractivity (Wildman–Crippen MR) is 483 cm³/mol. The number of hydrogen-bond acceptors (Lipinski definition) is 4. The fourth-order valence-electron chi connectivity index (χ4n) is 19.5. The first-order valence-electron chi connectivity index (χ1n) is 43.6. The lowest BCUT2D eigenvalue weighted by Crippen LogP contribution is -2.64. The second-order valence-electron chi connectivity index (χ2n) is 33.7. The van der Waals surface area contributed by atoms with Gasteiger partial charge in [-0.25, -0.2) is 0 Å². The fraction of sp³-hybridized carbons (Fsp3) is 0.103. The molecule has 0 N–H and O–H groups in total. The first-order chi connectivity index (χ1) is 58.9. The van der Waals surface area contributed by atoms with Crippen LogP contribution in [-0.4, -0.2) is 18.0 Å². The standard InChI is InChI=1S/C107H82B2N4O/c1-105(2,3)72-59-81(67-35-14-9-15-36-67)103(82(60-72)68-37-16-10-17-38-68)112-93-56-33-29-52-87(93)108-88-65-89-98(114-99-58-71(76-48-34-49-80-77-45-24-27-50-85(77)107(7,8)100(76)80)57-95-102(99)109(89)86-51-28-32-55-92(86)110(95)74-43-22-13-23-44-74)66-94(88)113(97-64-75(63-96(112)101(97)108)111-90-53-30-25-46-78(90)79-47-26-31-54-91(79)111)104-83(69-39-18-11-19-40-69)61-73(106(4,5)6)62-84(104)70-41-20-12-21-42-70/h9-66H,1-8H3/i25D,26D,30D,31D,46D,47D,53D,54D. The fourth-order valence-corrected chi connectivity index (χ4v) is 19.5. The number of para-hydroxylation sites is 5. The summed E-state index contributed by atoms with van der Waals surface area (Å²) >= 11 is 0. The number of hydrogen-bond donors (Lipinski definition) is 0. The molecule has 0 saturated heterocycles. The number of fused-ring (bicyclic) bond motifs is 14. The molecule has 1 aliphatic carbocycles. The quantitative estimate of drug-likeness (QED) is 0.134. The van der Waals surface area contributed by atoms with Crippen LogP contribution >= 0.6 is 0 Å². The molecule has 0 fully saturated rings. The Labute approximate surface area is 679 Å². The molecule has 5 heterocycles. The van der Waals surface area contributed by atoms with Crippen molar-refractivity contribution in [1.29, 1.82) is 0 Å². The van der Waals surface area contributed by atoms with Crippen LogP contribution in [-0.2, 0) is 16.2 Å². The van der Waals surface area contributed by atoms with Gasteiger partial charge in [-0.05, 0) is 195 Å². The van der Waals surface area contributed by atoms with Gasteiger partial charge in [-0.3, -0.25) is 0 Å². The summed E-state index contributed by atoms with van der Waals surface area (Å²) in [5.74, 6) is 1.39. The van der Waals surface area contributed by atoms with Crippen molar-refractivity contribution in [2.75, 3.05) is 14.7 Å². The topological polar surface area (TPSA) is 23.9 Å². The van der Waals surface area contributed by atoms with Crippen molar-refractivity contribution in [2.45, 2.75) is 71.6 Å². The molecule has 0 saturated carbocycles. The second kappa shape index (κ2) is 25.3. The van der Waals surface area contributed by atoms with Gasteiger partial charge < -0.3 is 24.0 Å². The van der Waals surface area contributed by atoms with Crippen LogP contribution in [0.3, 0.4) is 0 Å². The number of rotatable bonds is 9. The molecule has 7 heteroatoms. The summed E-state index contributed by atoms with van der Waals surface area (Å²) < 4.78 is 88.2. The molecule has 0 radical (unpaired) electrons. The molecule has 114 heavy (non-hydrogen) atoms. The van der Waals surface area contributed by atoms with Crippen LogP contribution in [0.15, 0.2) is 352 Å². The van der Waals surface area contributed by atoms with E-state index in [0.717, 1.165) is 151 Å². The Balaban J connectivity index is 0.930. The van der Waals surface area contributed by atoms with Gasteiger partial charge in [0.2, 0.25) is 0 Å². The zero-order valence-corrected chi connectivity index (χ0v) is 64.7. The highest BCUT2D eigenvalue weighted by atomic mass is 16.5. The number of ether oxygens (including phenoxy) is 1. The lowest BCUT2D eigenvalue weighted by atomic mass is 9.30. The van der Waals surface area contributed by atoms with Gasteiger partial charge >= 0.3 is 0 Å². The zero-order chi connectivity index (χ0) is 83.6. The molecule has 5 aliphatic rings. The SMILES string of the molecule is [2H]c1c([2H])c([2H])c2c(c1[2H])c1c([2H])c([2H])c([2H])c([2H])c1n2-c1cc2c3c(c1)N(c1c(-c4ccccc4)cc(C(C)(C)C)cc1-c1ccccc1)c1cc4c(cc1B3c1ccccc1N2c1c(-c2ccccc2)cc(C(C)(C)C)cc1-c1ccccc1)B1c2ccccc2N(c2ccccc2)c2cc(-c3cccc5c3C(C)(C)c3ccccc3-5)cc(c21)O4. The van der Waals surface area contributed by atoms with Crippen LogP contribution in [0.25, 0.3) is 94.3 Å². The molecule has 0 unspecified atom stereocenters. The van der Waals surface area contributed by atoms with Crippen molar-refractivity contribution in [3.63, 3.8) is 0 Å². The largest absolute Gasteiger partial charge is 0.458 e. The molecular weight excluding hydrogens is 1380 g/mol. The molecule has 0 bridgehead atoms. The van der Waals surface area contributed by atoms with E-state index in [2.05, 4.69) is 373 Å². The second-order valence-corrected chi connectivity index (χ2v) is 33.7. The molecule has 0 atom stereocenters.